The first kappa shape index (κ1) is 20.9. The maximum Gasteiger partial charge on any atom is 0.196 e. The first-order valence-corrected chi connectivity index (χ1v) is 12.2. The summed E-state index contributed by atoms with van der Waals surface area (Å²) in [6.07, 6.45) is 13.2. The van der Waals surface area contributed by atoms with E-state index >= 15 is 0 Å². The van der Waals surface area contributed by atoms with Crippen LogP contribution in [0.1, 0.15) is 63.0 Å². The van der Waals surface area contributed by atoms with Gasteiger partial charge in [-0.15, -0.1) is 0 Å². The lowest BCUT2D eigenvalue weighted by Gasteiger charge is -2.55. The highest BCUT2D eigenvalue weighted by Crippen LogP contribution is 2.63. The fraction of sp³-hybridized carbons (Fsp3) is 0.654. The van der Waals surface area contributed by atoms with Crippen molar-refractivity contribution < 1.29 is 14.3 Å². The topological polar surface area (TPSA) is 50.8 Å². The van der Waals surface area contributed by atoms with Gasteiger partial charge >= 0.3 is 0 Å². The smallest absolute Gasteiger partial charge is 0.196 e. The summed E-state index contributed by atoms with van der Waals surface area (Å²) in [5.41, 5.74) is 3.54. The second-order valence-electron chi connectivity index (χ2n) is 9.83. The summed E-state index contributed by atoms with van der Waals surface area (Å²) in [5.74, 6) is 2.00. The van der Waals surface area contributed by atoms with E-state index in [9.17, 15) is 4.79 Å². The van der Waals surface area contributed by atoms with E-state index in [2.05, 4.69) is 36.3 Å². The molecule has 1 aromatic carbocycles. The van der Waals surface area contributed by atoms with Crippen molar-refractivity contribution in [1.29, 1.82) is 0 Å². The molecule has 0 amide bonds. The Labute approximate surface area is 186 Å². The van der Waals surface area contributed by atoms with E-state index in [1.165, 1.54) is 55.3 Å². The normalized spacial score (nSPS) is 30.2. The largest absolute Gasteiger partial charge is 0.493 e. The van der Waals surface area contributed by atoms with Gasteiger partial charge in [-0.05, 0) is 44.5 Å². The van der Waals surface area contributed by atoms with Gasteiger partial charge in [0.25, 0.3) is 0 Å². The number of ether oxygens (including phenoxy) is 2. The lowest BCUT2D eigenvalue weighted by atomic mass is 9.53. The van der Waals surface area contributed by atoms with Gasteiger partial charge in [-0.3, -0.25) is 4.79 Å². The predicted octanol–water partition coefficient (Wildman–Crippen LogP) is 4.48. The molecule has 0 radical (unpaired) electrons. The monoisotopic (exact) mass is 424 g/mol. The zero-order valence-electron chi connectivity index (χ0n) is 19.2. The molecule has 168 valence electrons. The molecule has 0 aromatic heterocycles. The van der Waals surface area contributed by atoms with Crippen molar-refractivity contribution in [3.63, 3.8) is 0 Å². The molecule has 1 aromatic rings. The molecule has 1 saturated heterocycles. The Bertz CT molecular complexity index is 895. The maximum absolute atomic E-state index is 12.9. The number of unbranched alkanes of at least 4 members (excludes halogenated alkanes) is 5. The molecule has 4 atom stereocenters. The molecule has 4 aliphatic rings. The number of carbonyl (C=O) groups is 1. The van der Waals surface area contributed by atoms with Gasteiger partial charge in [0, 0.05) is 35.8 Å². The van der Waals surface area contributed by atoms with Crippen molar-refractivity contribution in [2.24, 2.45) is 5.92 Å². The Balaban J connectivity index is 1.48. The van der Waals surface area contributed by atoms with Crippen molar-refractivity contribution in [2.75, 3.05) is 32.6 Å². The number of hydrogen-bond acceptors (Lipinski definition) is 5. The molecule has 5 rings (SSSR count). The Morgan fingerprint density at radius 3 is 2.87 bits per heavy atom. The highest BCUT2D eigenvalue weighted by atomic mass is 16.5. The van der Waals surface area contributed by atoms with Gasteiger partial charge in [-0.1, -0.05) is 45.1 Å². The van der Waals surface area contributed by atoms with Gasteiger partial charge < -0.3 is 19.7 Å². The van der Waals surface area contributed by atoms with E-state index in [-0.39, 0.29) is 11.2 Å². The Morgan fingerprint density at radius 1 is 1.26 bits per heavy atom. The Hall–Kier alpha value is -2.01. The number of ketones is 1. The third-order valence-corrected chi connectivity index (χ3v) is 8.18. The van der Waals surface area contributed by atoms with Crippen LogP contribution >= 0.6 is 0 Å². The summed E-state index contributed by atoms with van der Waals surface area (Å²) >= 11 is 0. The standard InChI is InChI=1S/C26H36N2O3/c1-4-5-6-7-8-9-13-27-19-16-22(30-3)24-23-17(19)15-20-18-10-11-21(29)25(31-24)26(18,23)12-14-28(20)2/h10-11,16,18,20,25,27H,4-9,12-15H2,1-3H3/t18-,20+,25-,26-/m0/s1. The van der Waals surface area contributed by atoms with E-state index in [0.29, 0.717) is 12.0 Å². The summed E-state index contributed by atoms with van der Waals surface area (Å²) in [6, 6.07) is 2.51. The third kappa shape index (κ3) is 3.11. The molecule has 1 N–H and O–H groups in total. The number of piperidine rings is 1. The van der Waals surface area contributed by atoms with Gasteiger partial charge in [-0.25, -0.2) is 0 Å². The first-order valence-electron chi connectivity index (χ1n) is 12.2. The van der Waals surface area contributed by atoms with E-state index in [4.69, 9.17) is 9.47 Å². The van der Waals surface area contributed by atoms with E-state index < -0.39 is 6.10 Å². The van der Waals surface area contributed by atoms with Gasteiger partial charge in [0.05, 0.1) is 12.5 Å². The molecule has 31 heavy (non-hydrogen) atoms. The van der Waals surface area contributed by atoms with Crippen molar-refractivity contribution in [3.8, 4) is 11.5 Å². The zero-order chi connectivity index (χ0) is 21.6. The summed E-state index contributed by atoms with van der Waals surface area (Å²) in [4.78, 5) is 15.4. The molecule has 0 unspecified atom stereocenters. The van der Waals surface area contributed by atoms with Gasteiger partial charge in [0.1, 0.15) is 0 Å². The predicted molar refractivity (Wildman–Crippen MR) is 123 cm³/mol. The Morgan fingerprint density at radius 2 is 2.06 bits per heavy atom. The fourth-order valence-corrected chi connectivity index (χ4v) is 6.59. The quantitative estimate of drug-likeness (QED) is 0.592. The van der Waals surface area contributed by atoms with Crippen LogP contribution in [0.4, 0.5) is 5.69 Å². The zero-order valence-corrected chi connectivity index (χ0v) is 19.2. The van der Waals surface area contributed by atoms with E-state index in [0.717, 1.165) is 37.4 Å². The average molecular weight is 425 g/mol. The minimum Gasteiger partial charge on any atom is -0.493 e. The maximum atomic E-state index is 12.9. The van der Waals surface area contributed by atoms with Crippen LogP contribution in [-0.4, -0.2) is 50.1 Å². The lowest BCUT2D eigenvalue weighted by molar-refractivity contribution is -0.127. The molecule has 5 heteroatoms. The van der Waals surface area contributed by atoms with Crippen molar-refractivity contribution >= 4 is 11.5 Å². The molecule has 1 spiro atoms. The van der Waals surface area contributed by atoms with Crippen molar-refractivity contribution in [2.45, 2.75) is 75.9 Å². The molecule has 0 saturated carbocycles. The number of carbonyl (C=O) groups excluding carboxylic acids is 1. The highest BCUT2D eigenvalue weighted by molar-refractivity contribution is 5.98. The summed E-state index contributed by atoms with van der Waals surface area (Å²) in [5, 5.41) is 3.73. The van der Waals surface area contributed by atoms with Gasteiger partial charge in [0.2, 0.25) is 0 Å². The number of nitrogens with zero attached hydrogens (tertiary/aromatic N) is 1. The second kappa shape index (κ2) is 8.16. The van der Waals surface area contributed by atoms with Crippen LogP contribution in [-0.2, 0) is 16.6 Å². The molecule has 2 bridgehead atoms. The SMILES string of the molecule is CCCCCCCCNc1cc(OC)c2c3c1C[C@@H]1[C@@H]4C=CC(=O)[C@H](O2)[C@]34CCN1C. The summed E-state index contributed by atoms with van der Waals surface area (Å²) < 4.78 is 12.2. The fourth-order valence-electron chi connectivity index (χ4n) is 6.59. The lowest BCUT2D eigenvalue weighted by Crippen LogP contribution is -2.64. The molecule has 2 aliphatic carbocycles. The minimum atomic E-state index is -0.407. The van der Waals surface area contributed by atoms with Crippen LogP contribution in [0.3, 0.4) is 0 Å². The summed E-state index contributed by atoms with van der Waals surface area (Å²) in [6.45, 7) is 4.23. The average Bonchev–Trinajstić information content (AvgIpc) is 3.12. The molecule has 2 aliphatic heterocycles. The molecule has 5 nitrogen and oxygen atoms in total. The number of benzene rings is 1. The number of likely N-dealkylation sites (N-methyl/N-ethyl adjacent to an activating group) is 1. The number of methoxy groups -OCH3 is 1. The molecule has 1 fully saturated rings. The van der Waals surface area contributed by atoms with Crippen LogP contribution < -0.4 is 14.8 Å². The number of anilines is 1. The third-order valence-electron chi connectivity index (χ3n) is 8.18. The van der Waals surface area contributed by atoms with Crippen LogP contribution in [0.15, 0.2) is 18.2 Å². The van der Waals surface area contributed by atoms with Crippen molar-refractivity contribution in [1.82, 2.24) is 4.90 Å². The van der Waals surface area contributed by atoms with Gasteiger partial charge in [0.15, 0.2) is 23.4 Å². The number of nitrogens with one attached hydrogen (secondary N) is 1. The second-order valence-corrected chi connectivity index (χ2v) is 9.83. The van der Waals surface area contributed by atoms with Crippen molar-refractivity contribution in [3.05, 3.63) is 29.3 Å². The molecule has 2 heterocycles. The summed E-state index contributed by atoms with van der Waals surface area (Å²) in [7, 11) is 3.93. The van der Waals surface area contributed by atoms with E-state index in [1.54, 1.807) is 13.2 Å². The molecular weight excluding hydrogens is 388 g/mol. The van der Waals surface area contributed by atoms with Crippen LogP contribution in [0, 0.1) is 5.92 Å². The van der Waals surface area contributed by atoms with Gasteiger partial charge in [-0.2, -0.15) is 0 Å². The number of hydrogen-bond donors (Lipinski definition) is 1. The number of likely N-dealkylation sites (tertiary alicyclic amines) is 1. The first-order chi connectivity index (χ1) is 15.1. The Kier molecular flexibility index (Phi) is 5.49. The number of rotatable bonds is 9. The molecular formula is C26H36N2O3. The van der Waals surface area contributed by atoms with E-state index in [1.807, 2.05) is 0 Å². The highest BCUT2D eigenvalue weighted by Gasteiger charge is 2.64. The van der Waals surface area contributed by atoms with Crippen LogP contribution in [0.5, 0.6) is 11.5 Å². The van der Waals surface area contributed by atoms with Crippen LogP contribution in [0.2, 0.25) is 0 Å². The minimum absolute atomic E-state index is 0.104. The van der Waals surface area contributed by atoms with Crippen LogP contribution in [0.25, 0.3) is 0 Å².